The summed E-state index contributed by atoms with van der Waals surface area (Å²) in [6, 6.07) is 6.83. The van der Waals surface area contributed by atoms with Gasteiger partial charge in [-0.05, 0) is 30.9 Å². The topological polar surface area (TPSA) is 69.6 Å². The van der Waals surface area contributed by atoms with Gasteiger partial charge in [0.2, 0.25) is 0 Å². The fourth-order valence-electron chi connectivity index (χ4n) is 1.78. The van der Waals surface area contributed by atoms with Gasteiger partial charge in [0.05, 0.1) is 0 Å². The zero-order chi connectivity index (χ0) is 16.0. The molecule has 0 saturated carbocycles. The van der Waals surface area contributed by atoms with Crippen molar-refractivity contribution in [2.75, 3.05) is 18.0 Å². The molecule has 0 saturated heterocycles. The second kappa shape index (κ2) is 7.11. The number of aryl methyl sites for hydroxylation is 1. The fourth-order valence-corrected chi connectivity index (χ4v) is 1.78. The number of nitrogens with one attached hydrogen (secondary N) is 1. The van der Waals surface area contributed by atoms with E-state index in [0.29, 0.717) is 12.2 Å². The van der Waals surface area contributed by atoms with Crippen LogP contribution in [0.5, 0.6) is 0 Å². The first-order chi connectivity index (χ1) is 9.69. The summed E-state index contributed by atoms with van der Waals surface area (Å²) in [6.07, 6.45) is 0.827. The van der Waals surface area contributed by atoms with Gasteiger partial charge in [-0.2, -0.15) is 0 Å². The summed E-state index contributed by atoms with van der Waals surface area (Å²) in [5.74, 6) is -1.04. The van der Waals surface area contributed by atoms with E-state index < -0.39 is 5.97 Å². The number of carbonyl (C=O) groups excluding carboxylic acids is 1. The maximum absolute atomic E-state index is 12.2. The number of aliphatic carboxylic acids is 1. The fraction of sp³-hybridized carbons (Fsp3) is 0.500. The summed E-state index contributed by atoms with van der Waals surface area (Å²) in [7, 11) is 0. The number of urea groups is 1. The molecule has 5 nitrogen and oxygen atoms in total. The number of hydrogen-bond acceptors (Lipinski definition) is 2. The monoisotopic (exact) mass is 292 g/mol. The summed E-state index contributed by atoms with van der Waals surface area (Å²) in [6.45, 7) is 8.37. The lowest BCUT2D eigenvalue weighted by molar-refractivity contribution is -0.135. The van der Waals surface area contributed by atoms with Crippen LogP contribution in [-0.4, -0.2) is 30.2 Å². The van der Waals surface area contributed by atoms with E-state index in [1.807, 2.05) is 19.1 Å². The highest BCUT2D eigenvalue weighted by Gasteiger charge is 2.19. The summed E-state index contributed by atoms with van der Waals surface area (Å²) in [5.41, 5.74) is 1.76. The number of hydrogen-bond donors (Lipinski definition) is 2. The number of carbonyl (C=O) groups is 2. The zero-order valence-corrected chi connectivity index (χ0v) is 13.1. The van der Waals surface area contributed by atoms with Crippen molar-refractivity contribution in [3.63, 3.8) is 0 Å². The smallest absolute Gasteiger partial charge is 0.323 e. The van der Waals surface area contributed by atoms with Crippen molar-refractivity contribution in [2.45, 2.75) is 34.1 Å². The molecule has 2 amide bonds. The van der Waals surface area contributed by atoms with E-state index in [4.69, 9.17) is 5.11 Å². The SMILES string of the molecule is Cc1ccc(N(CC(=O)O)C(=O)NCCC(C)(C)C)cc1. The van der Waals surface area contributed by atoms with Crippen LogP contribution in [0, 0.1) is 12.3 Å². The summed E-state index contributed by atoms with van der Waals surface area (Å²) >= 11 is 0. The normalized spacial score (nSPS) is 11.0. The highest BCUT2D eigenvalue weighted by atomic mass is 16.4. The third kappa shape index (κ3) is 6.29. The molecule has 2 N–H and O–H groups in total. The molecule has 0 aliphatic carbocycles. The number of carboxylic acid groups (broad SMARTS) is 1. The number of amides is 2. The predicted octanol–water partition coefficient (Wildman–Crippen LogP) is 3.03. The molecular weight excluding hydrogens is 268 g/mol. The van der Waals surface area contributed by atoms with Crippen LogP contribution >= 0.6 is 0 Å². The minimum absolute atomic E-state index is 0.120. The Hall–Kier alpha value is -2.04. The van der Waals surface area contributed by atoms with Gasteiger partial charge in [-0.25, -0.2) is 4.79 Å². The molecule has 0 aliphatic rings. The van der Waals surface area contributed by atoms with Crippen molar-refractivity contribution in [3.05, 3.63) is 29.8 Å². The van der Waals surface area contributed by atoms with Crippen LogP contribution < -0.4 is 10.2 Å². The summed E-state index contributed by atoms with van der Waals surface area (Å²) in [5, 5.41) is 11.8. The molecule has 0 aliphatic heterocycles. The highest BCUT2D eigenvalue weighted by Crippen LogP contribution is 2.18. The van der Waals surface area contributed by atoms with Crippen LogP contribution in [0.1, 0.15) is 32.8 Å². The summed E-state index contributed by atoms with van der Waals surface area (Å²) < 4.78 is 0. The van der Waals surface area contributed by atoms with Crippen molar-refractivity contribution in [2.24, 2.45) is 5.41 Å². The quantitative estimate of drug-likeness (QED) is 0.876. The number of rotatable bonds is 5. The van der Waals surface area contributed by atoms with Crippen molar-refractivity contribution in [3.8, 4) is 0 Å². The standard InChI is InChI=1S/C16H24N2O3/c1-12-5-7-13(8-6-12)18(11-14(19)20)15(21)17-10-9-16(2,3)4/h5-8H,9-11H2,1-4H3,(H,17,21)(H,19,20). The van der Waals surface area contributed by atoms with Crippen molar-refractivity contribution in [1.29, 1.82) is 0 Å². The molecule has 0 radical (unpaired) electrons. The van der Waals surface area contributed by atoms with Crippen LogP contribution in [0.3, 0.4) is 0 Å². The number of benzene rings is 1. The molecule has 0 atom stereocenters. The second-order valence-corrected chi connectivity index (χ2v) is 6.36. The Balaban J connectivity index is 2.75. The van der Waals surface area contributed by atoms with Crippen molar-refractivity contribution < 1.29 is 14.7 Å². The van der Waals surface area contributed by atoms with Gasteiger partial charge in [0, 0.05) is 12.2 Å². The third-order valence-corrected chi connectivity index (χ3v) is 3.04. The minimum atomic E-state index is -1.04. The first-order valence-electron chi connectivity index (χ1n) is 7.03. The Kier molecular flexibility index (Phi) is 5.76. The van der Waals surface area contributed by atoms with Crippen molar-refractivity contribution in [1.82, 2.24) is 5.32 Å². The van der Waals surface area contributed by atoms with Crippen LogP contribution in [-0.2, 0) is 4.79 Å². The molecule has 1 aromatic carbocycles. The molecule has 1 rings (SSSR count). The van der Waals surface area contributed by atoms with Gasteiger partial charge < -0.3 is 10.4 Å². The Morgan fingerprint density at radius 2 is 1.76 bits per heavy atom. The third-order valence-electron chi connectivity index (χ3n) is 3.04. The molecule has 0 bridgehead atoms. The van der Waals surface area contributed by atoms with E-state index in [2.05, 4.69) is 26.1 Å². The van der Waals surface area contributed by atoms with Gasteiger partial charge in [-0.15, -0.1) is 0 Å². The zero-order valence-electron chi connectivity index (χ0n) is 13.1. The van der Waals surface area contributed by atoms with E-state index in [9.17, 15) is 9.59 Å². The van der Waals surface area contributed by atoms with E-state index in [-0.39, 0.29) is 18.0 Å². The highest BCUT2D eigenvalue weighted by molar-refractivity contribution is 5.96. The Morgan fingerprint density at radius 1 is 1.19 bits per heavy atom. The Bertz CT molecular complexity index is 489. The van der Waals surface area contributed by atoms with Crippen LogP contribution in [0.4, 0.5) is 10.5 Å². The molecule has 0 heterocycles. The van der Waals surface area contributed by atoms with E-state index in [1.54, 1.807) is 12.1 Å². The first-order valence-corrected chi connectivity index (χ1v) is 7.03. The minimum Gasteiger partial charge on any atom is -0.480 e. The van der Waals surface area contributed by atoms with E-state index >= 15 is 0 Å². The molecule has 0 fully saturated rings. The van der Waals surface area contributed by atoms with Crippen LogP contribution in [0.2, 0.25) is 0 Å². The lowest BCUT2D eigenvalue weighted by Gasteiger charge is -2.23. The van der Waals surface area contributed by atoms with E-state index in [1.165, 1.54) is 4.90 Å². The molecule has 21 heavy (non-hydrogen) atoms. The van der Waals surface area contributed by atoms with Crippen molar-refractivity contribution >= 4 is 17.7 Å². The molecule has 0 unspecified atom stereocenters. The predicted molar refractivity (Wildman–Crippen MR) is 83.6 cm³/mol. The van der Waals surface area contributed by atoms with Crippen LogP contribution in [0.15, 0.2) is 24.3 Å². The summed E-state index contributed by atoms with van der Waals surface area (Å²) in [4.78, 5) is 24.4. The van der Waals surface area contributed by atoms with Crippen LogP contribution in [0.25, 0.3) is 0 Å². The maximum Gasteiger partial charge on any atom is 0.323 e. The molecule has 116 valence electrons. The van der Waals surface area contributed by atoms with Gasteiger partial charge in [0.15, 0.2) is 0 Å². The van der Waals surface area contributed by atoms with Gasteiger partial charge in [0.25, 0.3) is 0 Å². The Morgan fingerprint density at radius 3 is 2.24 bits per heavy atom. The second-order valence-electron chi connectivity index (χ2n) is 6.36. The average Bonchev–Trinajstić information content (AvgIpc) is 2.35. The molecular formula is C16H24N2O3. The van der Waals surface area contributed by atoms with Gasteiger partial charge >= 0.3 is 12.0 Å². The largest absolute Gasteiger partial charge is 0.480 e. The van der Waals surface area contributed by atoms with Gasteiger partial charge in [0.1, 0.15) is 6.54 Å². The number of anilines is 1. The average molecular weight is 292 g/mol. The van der Waals surface area contributed by atoms with E-state index in [0.717, 1.165) is 12.0 Å². The molecule has 1 aromatic rings. The molecule has 5 heteroatoms. The Labute approximate surface area is 126 Å². The van der Waals surface area contributed by atoms with Gasteiger partial charge in [-0.1, -0.05) is 38.5 Å². The molecule has 0 aromatic heterocycles. The maximum atomic E-state index is 12.2. The first kappa shape index (κ1) is 17.0. The number of nitrogens with zero attached hydrogens (tertiary/aromatic N) is 1. The lowest BCUT2D eigenvalue weighted by Crippen LogP contribution is -2.43. The number of carboxylic acids is 1. The lowest BCUT2D eigenvalue weighted by atomic mass is 9.92. The van der Waals surface area contributed by atoms with Gasteiger partial charge in [-0.3, -0.25) is 9.69 Å². The molecule has 0 spiro atoms.